The minimum Gasteiger partial charge on any atom is -0.472 e. The third-order valence-corrected chi connectivity index (χ3v) is 3.22. The van der Waals surface area contributed by atoms with E-state index in [0.717, 1.165) is 0 Å². The van der Waals surface area contributed by atoms with E-state index in [9.17, 15) is 9.90 Å². The van der Waals surface area contributed by atoms with Gasteiger partial charge in [-0.15, -0.1) is 0 Å². The number of carbonyl (C=O) groups is 1. The van der Waals surface area contributed by atoms with E-state index in [1.165, 1.54) is 31.3 Å². The number of amides is 1. The van der Waals surface area contributed by atoms with E-state index in [-0.39, 0.29) is 12.5 Å². The van der Waals surface area contributed by atoms with Crippen molar-refractivity contribution in [3.8, 4) is 0 Å². The van der Waals surface area contributed by atoms with Crippen LogP contribution in [0.4, 0.5) is 0 Å². The Bertz CT molecular complexity index is 648. The zero-order valence-electron chi connectivity index (χ0n) is 11.0. The van der Waals surface area contributed by atoms with Gasteiger partial charge in [-0.25, -0.2) is 0 Å². The van der Waals surface area contributed by atoms with Crippen LogP contribution in [0.3, 0.4) is 0 Å². The van der Waals surface area contributed by atoms with E-state index >= 15 is 0 Å². The van der Waals surface area contributed by atoms with Gasteiger partial charge in [0.25, 0.3) is 5.91 Å². The van der Waals surface area contributed by atoms with Crippen molar-refractivity contribution in [2.24, 2.45) is 0 Å². The van der Waals surface area contributed by atoms with Crippen molar-refractivity contribution < 1.29 is 23.2 Å². The van der Waals surface area contributed by atoms with Crippen LogP contribution in [0.15, 0.2) is 68.8 Å². The van der Waals surface area contributed by atoms with E-state index in [4.69, 9.17) is 13.3 Å². The van der Waals surface area contributed by atoms with Gasteiger partial charge in [-0.3, -0.25) is 4.79 Å². The average molecular weight is 287 g/mol. The molecule has 1 unspecified atom stereocenters. The molecule has 6 heteroatoms. The van der Waals surface area contributed by atoms with Crippen LogP contribution in [0.2, 0.25) is 0 Å². The lowest BCUT2D eigenvalue weighted by atomic mass is 9.93. The third-order valence-electron chi connectivity index (χ3n) is 3.22. The van der Waals surface area contributed by atoms with E-state index in [2.05, 4.69) is 5.32 Å². The molecule has 0 aliphatic heterocycles. The number of furan rings is 3. The second-order valence-corrected chi connectivity index (χ2v) is 4.54. The number of nitrogens with one attached hydrogen (secondary N) is 1. The van der Waals surface area contributed by atoms with Crippen LogP contribution in [0.1, 0.15) is 21.7 Å². The molecule has 1 atom stereocenters. The maximum Gasteiger partial charge on any atom is 0.254 e. The third kappa shape index (κ3) is 2.48. The molecule has 0 fully saturated rings. The second-order valence-electron chi connectivity index (χ2n) is 4.54. The van der Waals surface area contributed by atoms with E-state index < -0.39 is 5.60 Å². The Hall–Kier alpha value is -2.73. The molecule has 0 bridgehead atoms. The standard InChI is InChI=1S/C15H13NO5/c17-14(11-3-6-19-8-11)16-10-15(18,12-4-7-20-9-12)13-2-1-5-21-13/h1-9,18H,10H2,(H,16,17). The second kappa shape index (κ2) is 5.34. The molecule has 3 rings (SSSR count). The normalized spacial score (nSPS) is 13.8. The molecule has 3 heterocycles. The zero-order chi connectivity index (χ0) is 14.7. The monoisotopic (exact) mass is 287 g/mol. The summed E-state index contributed by atoms with van der Waals surface area (Å²) in [6, 6.07) is 6.46. The minimum atomic E-state index is -1.50. The van der Waals surface area contributed by atoms with Crippen molar-refractivity contribution in [2.75, 3.05) is 6.54 Å². The lowest BCUT2D eigenvalue weighted by Gasteiger charge is -2.25. The molecule has 2 N–H and O–H groups in total. The van der Waals surface area contributed by atoms with Crippen LogP contribution in [0.25, 0.3) is 0 Å². The first kappa shape index (κ1) is 13.3. The molecule has 0 spiro atoms. The van der Waals surface area contributed by atoms with Gasteiger partial charge in [-0.2, -0.15) is 0 Å². The topological polar surface area (TPSA) is 88.8 Å². The number of aliphatic hydroxyl groups is 1. The fourth-order valence-electron chi connectivity index (χ4n) is 2.05. The summed E-state index contributed by atoms with van der Waals surface area (Å²) in [4.78, 5) is 12.0. The zero-order valence-corrected chi connectivity index (χ0v) is 11.0. The summed E-state index contributed by atoms with van der Waals surface area (Å²) in [6.07, 6.45) is 7.05. The van der Waals surface area contributed by atoms with Crippen LogP contribution in [-0.2, 0) is 5.60 Å². The molecule has 108 valence electrons. The smallest absolute Gasteiger partial charge is 0.254 e. The molecule has 0 saturated carbocycles. The molecule has 1 amide bonds. The number of hydrogen-bond acceptors (Lipinski definition) is 5. The summed E-state index contributed by atoms with van der Waals surface area (Å²) in [5, 5.41) is 13.5. The van der Waals surface area contributed by atoms with E-state index in [1.54, 1.807) is 24.3 Å². The van der Waals surface area contributed by atoms with Crippen LogP contribution in [0, 0.1) is 0 Å². The predicted octanol–water partition coefficient (Wildman–Crippen LogP) is 2.13. The van der Waals surface area contributed by atoms with Crippen LogP contribution >= 0.6 is 0 Å². The van der Waals surface area contributed by atoms with Crippen LogP contribution < -0.4 is 5.32 Å². The Morgan fingerprint density at radius 2 is 1.95 bits per heavy atom. The van der Waals surface area contributed by atoms with Crippen molar-refractivity contribution >= 4 is 5.91 Å². The van der Waals surface area contributed by atoms with Gasteiger partial charge in [0, 0.05) is 5.56 Å². The lowest BCUT2D eigenvalue weighted by molar-refractivity contribution is 0.0520. The lowest BCUT2D eigenvalue weighted by Crippen LogP contribution is -2.41. The van der Waals surface area contributed by atoms with Crippen molar-refractivity contribution in [3.05, 3.63) is 72.5 Å². The first-order valence-corrected chi connectivity index (χ1v) is 6.29. The molecule has 3 aromatic rings. The Labute approximate surface area is 120 Å². The van der Waals surface area contributed by atoms with Gasteiger partial charge in [0.2, 0.25) is 0 Å². The average Bonchev–Trinajstić information content (AvgIpc) is 3.27. The predicted molar refractivity (Wildman–Crippen MR) is 71.5 cm³/mol. The van der Waals surface area contributed by atoms with Gasteiger partial charge in [-0.05, 0) is 24.3 Å². The Balaban J connectivity index is 1.83. The highest BCUT2D eigenvalue weighted by molar-refractivity contribution is 5.93. The molecule has 0 radical (unpaired) electrons. The summed E-state index contributed by atoms with van der Waals surface area (Å²) in [5.41, 5.74) is -0.635. The fraction of sp³-hybridized carbons (Fsp3) is 0.133. The van der Waals surface area contributed by atoms with Crippen molar-refractivity contribution in [1.82, 2.24) is 5.32 Å². The highest BCUT2D eigenvalue weighted by Crippen LogP contribution is 2.29. The maximum atomic E-state index is 12.0. The molecule has 0 aromatic carbocycles. The fourth-order valence-corrected chi connectivity index (χ4v) is 2.05. The van der Waals surface area contributed by atoms with Crippen molar-refractivity contribution in [3.63, 3.8) is 0 Å². The first-order valence-electron chi connectivity index (χ1n) is 6.29. The Morgan fingerprint density at radius 1 is 1.14 bits per heavy atom. The molecule has 0 aliphatic carbocycles. The molecular formula is C15H13NO5. The van der Waals surface area contributed by atoms with Gasteiger partial charge in [0.15, 0.2) is 5.60 Å². The molecule has 21 heavy (non-hydrogen) atoms. The van der Waals surface area contributed by atoms with Crippen molar-refractivity contribution in [2.45, 2.75) is 5.60 Å². The molecule has 6 nitrogen and oxygen atoms in total. The highest BCUT2D eigenvalue weighted by atomic mass is 16.4. The molecular weight excluding hydrogens is 274 g/mol. The maximum absolute atomic E-state index is 12.0. The van der Waals surface area contributed by atoms with Crippen LogP contribution in [0.5, 0.6) is 0 Å². The van der Waals surface area contributed by atoms with E-state index in [1.807, 2.05) is 0 Å². The van der Waals surface area contributed by atoms with Gasteiger partial charge >= 0.3 is 0 Å². The summed E-state index contributed by atoms with van der Waals surface area (Å²) < 4.78 is 15.1. The number of carbonyl (C=O) groups excluding carboxylic acids is 1. The minimum absolute atomic E-state index is 0.0654. The molecule has 0 saturated heterocycles. The summed E-state index contributed by atoms with van der Waals surface area (Å²) in [7, 11) is 0. The first-order chi connectivity index (χ1) is 10.2. The van der Waals surface area contributed by atoms with Gasteiger partial charge < -0.3 is 23.7 Å². The molecule has 0 aliphatic rings. The summed E-state index contributed by atoms with van der Waals surface area (Å²) in [5.74, 6) is -0.0337. The van der Waals surface area contributed by atoms with Gasteiger partial charge in [0.05, 0.1) is 37.2 Å². The van der Waals surface area contributed by atoms with Gasteiger partial charge in [0.1, 0.15) is 12.0 Å². The highest BCUT2D eigenvalue weighted by Gasteiger charge is 2.36. The SMILES string of the molecule is O=C(NCC(O)(c1ccoc1)c1ccco1)c1ccoc1. The number of rotatable bonds is 5. The Morgan fingerprint density at radius 3 is 2.57 bits per heavy atom. The van der Waals surface area contributed by atoms with Gasteiger partial charge in [-0.1, -0.05) is 0 Å². The molecule has 3 aromatic heterocycles. The summed E-state index contributed by atoms with van der Waals surface area (Å²) >= 11 is 0. The van der Waals surface area contributed by atoms with Crippen molar-refractivity contribution in [1.29, 1.82) is 0 Å². The number of hydrogen-bond donors (Lipinski definition) is 2. The van der Waals surface area contributed by atoms with Crippen LogP contribution in [-0.4, -0.2) is 17.6 Å². The summed E-state index contributed by atoms with van der Waals surface area (Å²) in [6.45, 7) is -0.0654. The quantitative estimate of drug-likeness (QED) is 0.750. The largest absolute Gasteiger partial charge is 0.472 e. The van der Waals surface area contributed by atoms with E-state index in [0.29, 0.717) is 16.9 Å². The Kier molecular flexibility index (Phi) is 3.37.